The van der Waals surface area contributed by atoms with Gasteiger partial charge in [-0.15, -0.1) is 0 Å². The summed E-state index contributed by atoms with van der Waals surface area (Å²) in [7, 11) is -2.09. The number of aromatic nitrogens is 1. The van der Waals surface area contributed by atoms with E-state index < -0.39 is 10.0 Å². The first kappa shape index (κ1) is 13.5. The van der Waals surface area contributed by atoms with E-state index >= 15 is 0 Å². The maximum absolute atomic E-state index is 12.4. The lowest BCUT2D eigenvalue weighted by atomic mass is 10.3. The minimum absolute atomic E-state index is 0.119. The van der Waals surface area contributed by atoms with Crippen molar-refractivity contribution in [1.82, 2.24) is 9.29 Å². The van der Waals surface area contributed by atoms with Crippen LogP contribution in [0.1, 0.15) is 5.69 Å². The van der Waals surface area contributed by atoms with E-state index in [0.717, 1.165) is 0 Å². The third-order valence-electron chi connectivity index (χ3n) is 2.72. The number of pyridine rings is 1. The average molecular weight is 277 g/mol. The number of rotatable bonds is 4. The zero-order valence-corrected chi connectivity index (χ0v) is 11.3. The second kappa shape index (κ2) is 5.38. The maximum atomic E-state index is 12.4. The standard InChI is InChI=1S/C13H15N3O2S/c1-16(10-11-6-4-5-9-15-11)19(17,18)13-8-3-2-7-12(13)14/h2-9H,10,14H2,1H3. The number of para-hydroxylation sites is 1. The van der Waals surface area contributed by atoms with Crippen molar-refractivity contribution < 1.29 is 8.42 Å². The maximum Gasteiger partial charge on any atom is 0.245 e. The van der Waals surface area contributed by atoms with Gasteiger partial charge in [0.2, 0.25) is 10.0 Å². The Balaban J connectivity index is 2.28. The molecule has 0 aliphatic rings. The van der Waals surface area contributed by atoms with Crippen molar-refractivity contribution in [2.24, 2.45) is 0 Å². The average Bonchev–Trinajstić information content (AvgIpc) is 2.40. The molecule has 5 nitrogen and oxygen atoms in total. The highest BCUT2D eigenvalue weighted by atomic mass is 32.2. The molecular formula is C13H15N3O2S. The van der Waals surface area contributed by atoms with Gasteiger partial charge in [0, 0.05) is 13.2 Å². The Bertz CT molecular complexity index is 657. The Morgan fingerprint density at radius 2 is 1.84 bits per heavy atom. The molecule has 0 aliphatic carbocycles. The summed E-state index contributed by atoms with van der Waals surface area (Å²) in [6.07, 6.45) is 1.63. The molecule has 0 fully saturated rings. The molecule has 2 aromatic rings. The Morgan fingerprint density at radius 3 is 2.47 bits per heavy atom. The molecule has 1 heterocycles. The van der Waals surface area contributed by atoms with Crippen LogP contribution in [0.4, 0.5) is 5.69 Å². The predicted octanol–water partition coefficient (Wildman–Crippen LogP) is 1.48. The quantitative estimate of drug-likeness (QED) is 0.859. The highest BCUT2D eigenvalue weighted by Gasteiger charge is 2.23. The molecule has 0 saturated heterocycles. The summed E-state index contributed by atoms with van der Waals surface area (Å²) in [6.45, 7) is 0.206. The van der Waals surface area contributed by atoms with Crippen LogP contribution >= 0.6 is 0 Å². The topological polar surface area (TPSA) is 76.3 Å². The molecule has 6 heteroatoms. The number of hydrogen-bond donors (Lipinski definition) is 1. The summed E-state index contributed by atoms with van der Waals surface area (Å²) in [4.78, 5) is 4.23. The zero-order chi connectivity index (χ0) is 13.9. The van der Waals surface area contributed by atoms with E-state index in [9.17, 15) is 8.42 Å². The molecule has 1 aromatic heterocycles. The van der Waals surface area contributed by atoms with Crippen LogP contribution in [0.5, 0.6) is 0 Å². The van der Waals surface area contributed by atoms with Crippen LogP contribution in [-0.4, -0.2) is 24.8 Å². The zero-order valence-electron chi connectivity index (χ0n) is 10.5. The fraction of sp³-hybridized carbons (Fsp3) is 0.154. The lowest BCUT2D eigenvalue weighted by Crippen LogP contribution is -2.27. The van der Waals surface area contributed by atoms with E-state index in [1.807, 2.05) is 6.07 Å². The van der Waals surface area contributed by atoms with Gasteiger partial charge >= 0.3 is 0 Å². The third kappa shape index (κ3) is 2.91. The van der Waals surface area contributed by atoms with Crippen molar-refractivity contribution in [3.8, 4) is 0 Å². The van der Waals surface area contributed by atoms with Crippen molar-refractivity contribution in [3.63, 3.8) is 0 Å². The molecule has 19 heavy (non-hydrogen) atoms. The van der Waals surface area contributed by atoms with Gasteiger partial charge in [-0.3, -0.25) is 4.98 Å². The lowest BCUT2D eigenvalue weighted by Gasteiger charge is -2.17. The van der Waals surface area contributed by atoms with Crippen molar-refractivity contribution in [2.45, 2.75) is 11.4 Å². The fourth-order valence-corrected chi connectivity index (χ4v) is 2.94. The molecule has 100 valence electrons. The van der Waals surface area contributed by atoms with Crippen LogP contribution in [0.2, 0.25) is 0 Å². The normalized spacial score (nSPS) is 11.7. The molecule has 0 spiro atoms. The van der Waals surface area contributed by atoms with E-state index in [4.69, 9.17) is 5.73 Å². The van der Waals surface area contributed by atoms with E-state index in [1.54, 1.807) is 36.5 Å². The van der Waals surface area contributed by atoms with Gasteiger partial charge in [-0.2, -0.15) is 4.31 Å². The van der Waals surface area contributed by atoms with Crippen LogP contribution < -0.4 is 5.73 Å². The number of hydrogen-bond acceptors (Lipinski definition) is 4. The fourth-order valence-electron chi connectivity index (χ4n) is 1.69. The van der Waals surface area contributed by atoms with Crippen molar-refractivity contribution in [2.75, 3.05) is 12.8 Å². The molecule has 1 aromatic carbocycles. The molecule has 0 aliphatic heterocycles. The van der Waals surface area contributed by atoms with Gasteiger partial charge < -0.3 is 5.73 Å². The first-order chi connectivity index (χ1) is 9.01. The minimum Gasteiger partial charge on any atom is -0.398 e. The number of benzene rings is 1. The van der Waals surface area contributed by atoms with Gasteiger partial charge in [0.15, 0.2) is 0 Å². The highest BCUT2D eigenvalue weighted by Crippen LogP contribution is 2.21. The van der Waals surface area contributed by atoms with Crippen LogP contribution in [-0.2, 0) is 16.6 Å². The number of nitrogens with zero attached hydrogens (tertiary/aromatic N) is 2. The summed E-state index contributed by atoms with van der Waals surface area (Å²) < 4.78 is 26.0. The van der Waals surface area contributed by atoms with Crippen molar-refractivity contribution in [3.05, 3.63) is 54.4 Å². The Hall–Kier alpha value is -1.92. The summed E-state index contributed by atoms with van der Waals surface area (Å²) in [6, 6.07) is 11.8. The summed E-state index contributed by atoms with van der Waals surface area (Å²) in [5.41, 5.74) is 6.65. The van der Waals surface area contributed by atoms with Gasteiger partial charge in [0.05, 0.1) is 17.9 Å². The van der Waals surface area contributed by atoms with E-state index in [0.29, 0.717) is 5.69 Å². The largest absolute Gasteiger partial charge is 0.398 e. The van der Waals surface area contributed by atoms with Gasteiger partial charge in [-0.05, 0) is 24.3 Å². The molecule has 2 rings (SSSR count). The minimum atomic E-state index is -3.60. The first-order valence-electron chi connectivity index (χ1n) is 5.72. The van der Waals surface area contributed by atoms with Gasteiger partial charge in [-0.1, -0.05) is 18.2 Å². The van der Waals surface area contributed by atoms with E-state index in [1.165, 1.54) is 17.4 Å². The second-order valence-electron chi connectivity index (χ2n) is 4.12. The molecule has 0 bridgehead atoms. The molecule has 0 radical (unpaired) electrons. The summed E-state index contributed by atoms with van der Waals surface area (Å²) in [5.74, 6) is 0. The molecule has 0 atom stereocenters. The number of nitrogens with two attached hydrogens (primary N) is 1. The predicted molar refractivity (Wildman–Crippen MR) is 73.7 cm³/mol. The van der Waals surface area contributed by atoms with E-state index in [-0.39, 0.29) is 17.1 Å². The van der Waals surface area contributed by atoms with Crippen LogP contribution in [0.3, 0.4) is 0 Å². The van der Waals surface area contributed by atoms with Crippen LogP contribution in [0.15, 0.2) is 53.6 Å². The molecular weight excluding hydrogens is 262 g/mol. The van der Waals surface area contributed by atoms with Crippen molar-refractivity contribution in [1.29, 1.82) is 0 Å². The number of nitrogen functional groups attached to an aromatic ring is 1. The van der Waals surface area contributed by atoms with Gasteiger partial charge in [0.25, 0.3) is 0 Å². The Kier molecular flexibility index (Phi) is 3.82. The molecule has 0 unspecified atom stereocenters. The molecule has 0 saturated carbocycles. The van der Waals surface area contributed by atoms with Crippen molar-refractivity contribution >= 4 is 15.7 Å². The number of sulfonamides is 1. The smallest absolute Gasteiger partial charge is 0.245 e. The molecule has 0 amide bonds. The number of anilines is 1. The Morgan fingerprint density at radius 1 is 1.16 bits per heavy atom. The van der Waals surface area contributed by atoms with Gasteiger partial charge in [0.1, 0.15) is 4.90 Å². The SMILES string of the molecule is CN(Cc1ccccn1)S(=O)(=O)c1ccccc1N. The Labute approximate surface area is 112 Å². The summed E-state index contributed by atoms with van der Waals surface area (Å²) >= 11 is 0. The van der Waals surface area contributed by atoms with Gasteiger partial charge in [-0.25, -0.2) is 8.42 Å². The molecule has 2 N–H and O–H groups in total. The second-order valence-corrected chi connectivity index (χ2v) is 6.13. The van der Waals surface area contributed by atoms with Crippen LogP contribution in [0, 0.1) is 0 Å². The highest BCUT2D eigenvalue weighted by molar-refractivity contribution is 7.89. The monoisotopic (exact) mass is 277 g/mol. The van der Waals surface area contributed by atoms with E-state index in [2.05, 4.69) is 4.98 Å². The first-order valence-corrected chi connectivity index (χ1v) is 7.16. The lowest BCUT2D eigenvalue weighted by molar-refractivity contribution is 0.462. The van der Waals surface area contributed by atoms with Crippen LogP contribution in [0.25, 0.3) is 0 Å². The summed E-state index contributed by atoms with van der Waals surface area (Å²) in [5, 5.41) is 0. The third-order valence-corrected chi connectivity index (χ3v) is 4.60.